The topological polar surface area (TPSA) is 142 Å². The molecule has 4 heterocycles. The van der Waals surface area contributed by atoms with E-state index in [4.69, 9.17) is 9.97 Å². The standard InChI is InChI=1S/C46H60N8O4/c1-4-52(5-2)35-24-22-34(23-25-35)44(55)53-26-8-12-40(53)42-47-28-37(49-42)32-18-14-30(15-19-32)31-16-20-33(21-17-31)38-29-48-43(50-38)41-13-9-27-54(41)45(56)36-10-6-7-11-39(36)51(3)46(57)58/h14-21,28-29,34-36,39-41H,4-13,22-27H2,1-3H3,(H,47,49)(H,48,50)(H,57,58)/t34-,35+,36-,39+,40?,41?/m0/s1. The van der Waals surface area contributed by atoms with Crippen LogP contribution in [0.2, 0.25) is 0 Å². The van der Waals surface area contributed by atoms with Gasteiger partial charge in [-0.2, -0.15) is 0 Å². The fraction of sp³-hybridized carbons (Fsp3) is 0.543. The molecule has 2 aliphatic carbocycles. The number of carboxylic acid groups (broad SMARTS) is 1. The smallest absolute Gasteiger partial charge is 0.407 e. The van der Waals surface area contributed by atoms with E-state index in [1.54, 1.807) is 7.05 Å². The molecule has 308 valence electrons. The Balaban J connectivity index is 0.887. The van der Waals surface area contributed by atoms with Crippen LogP contribution in [-0.4, -0.2) is 108 Å². The first kappa shape index (κ1) is 39.8. The molecule has 2 saturated carbocycles. The van der Waals surface area contributed by atoms with Crippen molar-refractivity contribution in [2.24, 2.45) is 11.8 Å². The third-order valence-corrected chi connectivity index (χ3v) is 13.8. The number of carbonyl (C=O) groups is 3. The van der Waals surface area contributed by atoms with E-state index >= 15 is 0 Å². The molecule has 12 nitrogen and oxygen atoms in total. The minimum Gasteiger partial charge on any atom is -0.465 e. The summed E-state index contributed by atoms with van der Waals surface area (Å²) in [5, 5.41) is 9.65. The lowest BCUT2D eigenvalue weighted by molar-refractivity contribution is -0.140. The highest BCUT2D eigenvalue weighted by Crippen LogP contribution is 2.39. The van der Waals surface area contributed by atoms with Crippen LogP contribution in [-0.2, 0) is 9.59 Å². The Labute approximate surface area is 342 Å². The monoisotopic (exact) mass is 788 g/mol. The van der Waals surface area contributed by atoms with Gasteiger partial charge in [-0.15, -0.1) is 0 Å². The zero-order valence-electron chi connectivity index (χ0n) is 34.4. The molecule has 2 aliphatic heterocycles. The van der Waals surface area contributed by atoms with Gasteiger partial charge in [0.25, 0.3) is 0 Å². The third-order valence-electron chi connectivity index (χ3n) is 13.8. The first-order chi connectivity index (χ1) is 28.2. The van der Waals surface area contributed by atoms with Crippen LogP contribution in [0.4, 0.5) is 4.79 Å². The predicted octanol–water partition coefficient (Wildman–Crippen LogP) is 8.53. The molecule has 3 amide bonds. The van der Waals surface area contributed by atoms with Crippen LogP contribution in [0.3, 0.4) is 0 Å². The zero-order chi connectivity index (χ0) is 40.3. The molecule has 8 rings (SSSR count). The van der Waals surface area contributed by atoms with Gasteiger partial charge in [0.1, 0.15) is 11.6 Å². The summed E-state index contributed by atoms with van der Waals surface area (Å²) in [7, 11) is 1.59. The number of imidazole rings is 2. The van der Waals surface area contributed by atoms with Gasteiger partial charge in [-0.05, 0) is 99.6 Å². The summed E-state index contributed by atoms with van der Waals surface area (Å²) in [6.07, 6.45) is 13.9. The number of aromatic nitrogens is 4. The normalized spacial score (nSPS) is 25.0. The lowest BCUT2D eigenvalue weighted by Gasteiger charge is -2.38. The Morgan fingerprint density at radius 2 is 1.14 bits per heavy atom. The summed E-state index contributed by atoms with van der Waals surface area (Å²) in [5.74, 6) is 1.83. The number of hydrogen-bond acceptors (Lipinski definition) is 6. The fourth-order valence-corrected chi connectivity index (χ4v) is 10.5. The summed E-state index contributed by atoms with van der Waals surface area (Å²) in [4.78, 5) is 64.0. The van der Waals surface area contributed by atoms with E-state index < -0.39 is 6.09 Å². The lowest BCUT2D eigenvalue weighted by Crippen LogP contribution is -2.49. The molecule has 0 spiro atoms. The van der Waals surface area contributed by atoms with Crippen molar-refractivity contribution in [2.45, 2.75) is 115 Å². The van der Waals surface area contributed by atoms with Crippen molar-refractivity contribution in [1.82, 2.24) is 39.5 Å². The van der Waals surface area contributed by atoms with E-state index in [1.807, 2.05) is 17.3 Å². The van der Waals surface area contributed by atoms with Gasteiger partial charge >= 0.3 is 6.09 Å². The van der Waals surface area contributed by atoms with E-state index in [9.17, 15) is 19.5 Å². The largest absolute Gasteiger partial charge is 0.465 e. The number of likely N-dealkylation sites (tertiary alicyclic amines) is 2. The Kier molecular flexibility index (Phi) is 12.0. The highest BCUT2D eigenvalue weighted by atomic mass is 16.4. The number of carbonyl (C=O) groups excluding carboxylic acids is 2. The van der Waals surface area contributed by atoms with Gasteiger partial charge in [-0.1, -0.05) is 75.2 Å². The van der Waals surface area contributed by atoms with Gasteiger partial charge in [0.15, 0.2) is 0 Å². The Hall–Kier alpha value is -4.97. The van der Waals surface area contributed by atoms with Crippen molar-refractivity contribution in [3.8, 4) is 33.6 Å². The van der Waals surface area contributed by atoms with Crippen LogP contribution in [0.25, 0.3) is 33.6 Å². The second kappa shape index (κ2) is 17.5. The van der Waals surface area contributed by atoms with Crippen LogP contribution in [0.5, 0.6) is 0 Å². The van der Waals surface area contributed by atoms with Crippen molar-refractivity contribution in [1.29, 1.82) is 0 Å². The molecule has 0 radical (unpaired) electrons. The summed E-state index contributed by atoms with van der Waals surface area (Å²) in [6.45, 7) is 8.08. The molecule has 2 unspecified atom stereocenters. The van der Waals surface area contributed by atoms with Crippen molar-refractivity contribution in [3.63, 3.8) is 0 Å². The zero-order valence-corrected chi connectivity index (χ0v) is 34.4. The maximum absolute atomic E-state index is 13.9. The molecule has 2 saturated heterocycles. The van der Waals surface area contributed by atoms with Crippen molar-refractivity contribution in [3.05, 3.63) is 72.6 Å². The second-order valence-electron chi connectivity index (χ2n) is 17.0. The second-order valence-corrected chi connectivity index (χ2v) is 17.0. The molecule has 58 heavy (non-hydrogen) atoms. The predicted molar refractivity (Wildman–Crippen MR) is 225 cm³/mol. The van der Waals surface area contributed by atoms with Crippen LogP contribution in [0, 0.1) is 11.8 Å². The number of nitrogens with zero attached hydrogens (tertiary/aromatic N) is 6. The first-order valence-electron chi connectivity index (χ1n) is 21.9. The van der Waals surface area contributed by atoms with E-state index in [-0.39, 0.29) is 35.9 Å². The molecule has 4 aromatic rings. The maximum Gasteiger partial charge on any atom is 0.407 e. The molecular formula is C46H60N8O4. The lowest BCUT2D eigenvalue weighted by atomic mass is 9.82. The molecule has 0 bridgehead atoms. The Bertz CT molecular complexity index is 2030. The quantitative estimate of drug-likeness (QED) is 0.138. The molecule has 4 aliphatic rings. The molecule has 2 aromatic heterocycles. The van der Waals surface area contributed by atoms with Gasteiger partial charge in [-0.3, -0.25) is 9.59 Å². The maximum atomic E-state index is 13.9. The number of aromatic amines is 2. The van der Waals surface area contributed by atoms with Crippen LogP contribution >= 0.6 is 0 Å². The average Bonchev–Trinajstić information content (AvgIpc) is 4.11. The summed E-state index contributed by atoms with van der Waals surface area (Å²) < 4.78 is 0. The Morgan fingerprint density at radius 3 is 1.64 bits per heavy atom. The van der Waals surface area contributed by atoms with Crippen LogP contribution in [0.1, 0.15) is 115 Å². The third kappa shape index (κ3) is 8.04. The number of amides is 3. The number of H-pyrrole nitrogens is 2. The molecule has 4 atom stereocenters. The summed E-state index contributed by atoms with van der Waals surface area (Å²) >= 11 is 0. The fourth-order valence-electron chi connectivity index (χ4n) is 10.5. The molecule has 12 heteroatoms. The molecule has 3 N–H and O–H groups in total. The van der Waals surface area contributed by atoms with Crippen molar-refractivity contribution < 1.29 is 19.5 Å². The van der Waals surface area contributed by atoms with E-state index in [1.165, 1.54) is 4.90 Å². The van der Waals surface area contributed by atoms with Gasteiger partial charge < -0.3 is 34.7 Å². The van der Waals surface area contributed by atoms with Crippen LogP contribution in [0.15, 0.2) is 60.9 Å². The van der Waals surface area contributed by atoms with Gasteiger partial charge in [-0.25, -0.2) is 14.8 Å². The van der Waals surface area contributed by atoms with E-state index in [2.05, 4.69) is 82.1 Å². The van der Waals surface area contributed by atoms with Gasteiger partial charge in [0.2, 0.25) is 11.8 Å². The van der Waals surface area contributed by atoms with E-state index in [0.29, 0.717) is 24.9 Å². The Morgan fingerprint density at radius 1 is 0.655 bits per heavy atom. The molecule has 4 fully saturated rings. The average molecular weight is 789 g/mol. The number of rotatable bonds is 11. The first-order valence-corrected chi connectivity index (χ1v) is 21.9. The highest BCUT2D eigenvalue weighted by molar-refractivity contribution is 5.81. The highest BCUT2D eigenvalue weighted by Gasteiger charge is 2.42. The number of nitrogens with one attached hydrogen (secondary N) is 2. The van der Waals surface area contributed by atoms with Crippen LogP contribution < -0.4 is 0 Å². The number of benzene rings is 2. The minimum atomic E-state index is -0.982. The SMILES string of the molecule is CCN(CC)[C@H]1CC[C@@H](C(=O)N2CCCC2c2ncc(-c3ccc(-c4ccc(-c5cnc(C6CCCN6C(=O)[C@H]6CCCC[C@H]6N(C)C(=O)O)[nH]5)cc4)cc3)[nH]2)CC1. The van der Waals surface area contributed by atoms with Gasteiger partial charge in [0, 0.05) is 38.1 Å². The van der Waals surface area contributed by atoms with Gasteiger partial charge in [0.05, 0.1) is 41.8 Å². The summed E-state index contributed by atoms with van der Waals surface area (Å²) in [6, 6.07) is 17.1. The van der Waals surface area contributed by atoms with E-state index in [0.717, 1.165) is 136 Å². The van der Waals surface area contributed by atoms with Crippen molar-refractivity contribution >= 4 is 17.9 Å². The molecule has 2 aromatic carbocycles. The van der Waals surface area contributed by atoms with Crippen molar-refractivity contribution in [2.75, 3.05) is 33.2 Å². The summed E-state index contributed by atoms with van der Waals surface area (Å²) in [5.41, 5.74) is 6.15. The minimum absolute atomic E-state index is 0.00660. The molecular weight excluding hydrogens is 729 g/mol. The number of hydrogen-bond donors (Lipinski definition) is 3.